The molecular formula is C16H23NO3. The fourth-order valence-corrected chi connectivity index (χ4v) is 1.80. The van der Waals surface area contributed by atoms with Crippen molar-refractivity contribution in [1.82, 2.24) is 5.32 Å². The number of carboxylic acids is 1. The lowest BCUT2D eigenvalue weighted by Gasteiger charge is -2.19. The van der Waals surface area contributed by atoms with Gasteiger partial charge in [0.15, 0.2) is 0 Å². The molecule has 4 heteroatoms. The number of carbonyl (C=O) groups excluding carboxylic acids is 1. The van der Waals surface area contributed by atoms with Crippen LogP contribution in [0.25, 0.3) is 0 Å². The predicted octanol–water partition coefficient (Wildman–Crippen LogP) is 2.62. The molecule has 0 aliphatic carbocycles. The topological polar surface area (TPSA) is 66.4 Å². The molecule has 110 valence electrons. The lowest BCUT2D eigenvalue weighted by Crippen LogP contribution is -2.42. The van der Waals surface area contributed by atoms with Gasteiger partial charge in [-0.3, -0.25) is 4.79 Å². The van der Waals surface area contributed by atoms with E-state index < -0.39 is 12.0 Å². The first-order valence-electron chi connectivity index (χ1n) is 6.84. The minimum absolute atomic E-state index is 0.0650. The van der Waals surface area contributed by atoms with E-state index in [2.05, 4.69) is 26.1 Å². The molecule has 0 saturated heterocycles. The monoisotopic (exact) mass is 277 g/mol. The van der Waals surface area contributed by atoms with Crippen LogP contribution in [0.5, 0.6) is 0 Å². The van der Waals surface area contributed by atoms with Gasteiger partial charge >= 0.3 is 5.97 Å². The van der Waals surface area contributed by atoms with E-state index in [0.29, 0.717) is 12.8 Å². The molecule has 1 rings (SSSR count). The highest BCUT2D eigenvalue weighted by Gasteiger charge is 2.21. The summed E-state index contributed by atoms with van der Waals surface area (Å²) < 4.78 is 0. The summed E-state index contributed by atoms with van der Waals surface area (Å²) in [5, 5.41) is 11.8. The van der Waals surface area contributed by atoms with Crippen LogP contribution in [0.4, 0.5) is 0 Å². The number of hydrogen-bond donors (Lipinski definition) is 2. The molecule has 0 heterocycles. The average molecular weight is 277 g/mol. The molecule has 1 aromatic carbocycles. The Kier molecular flexibility index (Phi) is 5.74. The summed E-state index contributed by atoms with van der Waals surface area (Å²) in [6.45, 7) is 6.16. The third-order valence-corrected chi connectivity index (χ3v) is 3.02. The maximum atomic E-state index is 11.8. The van der Waals surface area contributed by atoms with Gasteiger partial charge in [-0.2, -0.15) is 0 Å². The molecule has 1 aromatic rings. The lowest BCUT2D eigenvalue weighted by atomic mass is 9.90. The van der Waals surface area contributed by atoms with Gasteiger partial charge in [-0.1, -0.05) is 51.1 Å². The molecule has 4 nitrogen and oxygen atoms in total. The zero-order valence-corrected chi connectivity index (χ0v) is 12.3. The van der Waals surface area contributed by atoms with Gasteiger partial charge in [-0.25, -0.2) is 4.79 Å². The Morgan fingerprint density at radius 3 is 2.30 bits per heavy atom. The van der Waals surface area contributed by atoms with Crippen LogP contribution >= 0.6 is 0 Å². The normalized spacial score (nSPS) is 12.8. The van der Waals surface area contributed by atoms with Crippen LogP contribution in [0.2, 0.25) is 0 Å². The van der Waals surface area contributed by atoms with Crippen LogP contribution in [0.15, 0.2) is 30.3 Å². The average Bonchev–Trinajstić information content (AvgIpc) is 2.36. The Morgan fingerprint density at radius 1 is 1.20 bits per heavy atom. The molecule has 0 aliphatic heterocycles. The van der Waals surface area contributed by atoms with Crippen molar-refractivity contribution in [3.8, 4) is 0 Å². The predicted molar refractivity (Wildman–Crippen MR) is 78.4 cm³/mol. The smallest absolute Gasteiger partial charge is 0.326 e. The summed E-state index contributed by atoms with van der Waals surface area (Å²) in [6.07, 6.45) is 1.38. The molecule has 0 aliphatic rings. The second-order valence-corrected chi connectivity index (χ2v) is 6.21. The first-order valence-corrected chi connectivity index (χ1v) is 6.84. The van der Waals surface area contributed by atoms with E-state index in [0.717, 1.165) is 12.0 Å². The largest absolute Gasteiger partial charge is 0.480 e. The van der Waals surface area contributed by atoms with Crippen molar-refractivity contribution in [2.24, 2.45) is 5.41 Å². The van der Waals surface area contributed by atoms with Crippen molar-refractivity contribution in [2.75, 3.05) is 0 Å². The van der Waals surface area contributed by atoms with Gasteiger partial charge in [0.1, 0.15) is 6.04 Å². The van der Waals surface area contributed by atoms with E-state index in [1.807, 2.05) is 30.3 Å². The zero-order chi connectivity index (χ0) is 15.2. The molecule has 0 spiro atoms. The molecule has 0 radical (unpaired) electrons. The summed E-state index contributed by atoms with van der Waals surface area (Å²) in [5.41, 5.74) is 0.964. The summed E-state index contributed by atoms with van der Waals surface area (Å²) >= 11 is 0. The molecule has 20 heavy (non-hydrogen) atoms. The van der Waals surface area contributed by atoms with Gasteiger partial charge in [0, 0.05) is 12.8 Å². The lowest BCUT2D eigenvalue weighted by molar-refractivity contribution is -0.141. The van der Waals surface area contributed by atoms with Crippen molar-refractivity contribution in [1.29, 1.82) is 0 Å². The number of nitrogens with one attached hydrogen (secondary N) is 1. The van der Waals surface area contributed by atoms with Gasteiger partial charge < -0.3 is 10.4 Å². The molecule has 1 amide bonds. The highest BCUT2D eigenvalue weighted by Crippen LogP contribution is 2.20. The number of carbonyl (C=O) groups is 2. The number of carboxylic acid groups (broad SMARTS) is 1. The third kappa shape index (κ3) is 6.36. The van der Waals surface area contributed by atoms with Gasteiger partial charge in [0.05, 0.1) is 0 Å². The third-order valence-electron chi connectivity index (χ3n) is 3.02. The van der Waals surface area contributed by atoms with Crippen LogP contribution in [0.3, 0.4) is 0 Å². The Hall–Kier alpha value is -1.84. The van der Waals surface area contributed by atoms with Gasteiger partial charge in [0.2, 0.25) is 5.91 Å². The number of aliphatic carboxylic acids is 1. The molecule has 2 N–H and O–H groups in total. The zero-order valence-electron chi connectivity index (χ0n) is 12.3. The van der Waals surface area contributed by atoms with Gasteiger partial charge in [-0.15, -0.1) is 0 Å². The Balaban J connectivity index is 2.55. The Labute approximate surface area is 120 Å². The van der Waals surface area contributed by atoms with Crippen molar-refractivity contribution in [3.63, 3.8) is 0 Å². The standard InChI is InChI=1S/C16H23NO3/c1-16(2,3)10-9-14(18)17-13(15(19)20)11-12-7-5-4-6-8-12/h4-8,13H,9-11H2,1-3H3,(H,17,18)(H,19,20). The van der Waals surface area contributed by atoms with E-state index in [9.17, 15) is 14.7 Å². The van der Waals surface area contributed by atoms with Crippen LogP contribution in [-0.2, 0) is 16.0 Å². The molecule has 1 atom stereocenters. The van der Waals surface area contributed by atoms with E-state index >= 15 is 0 Å². The van der Waals surface area contributed by atoms with Crippen LogP contribution < -0.4 is 5.32 Å². The number of hydrogen-bond acceptors (Lipinski definition) is 2. The minimum atomic E-state index is -1.00. The summed E-state index contributed by atoms with van der Waals surface area (Å²) in [7, 11) is 0. The van der Waals surface area contributed by atoms with E-state index in [1.165, 1.54) is 0 Å². The Morgan fingerprint density at radius 2 is 1.80 bits per heavy atom. The van der Waals surface area contributed by atoms with E-state index in [4.69, 9.17) is 0 Å². The number of amides is 1. The van der Waals surface area contributed by atoms with Gasteiger partial charge in [0.25, 0.3) is 0 Å². The molecule has 0 saturated carbocycles. The molecule has 1 unspecified atom stereocenters. The first kappa shape index (κ1) is 16.2. The SMILES string of the molecule is CC(C)(C)CCC(=O)NC(Cc1ccccc1)C(=O)O. The van der Waals surface area contributed by atoms with Crippen molar-refractivity contribution >= 4 is 11.9 Å². The number of benzene rings is 1. The molecular weight excluding hydrogens is 254 g/mol. The quantitative estimate of drug-likeness (QED) is 0.840. The maximum absolute atomic E-state index is 11.8. The van der Waals surface area contributed by atoms with Crippen molar-refractivity contribution in [2.45, 2.75) is 46.1 Å². The second-order valence-electron chi connectivity index (χ2n) is 6.21. The summed E-state index contributed by atoms with van der Waals surface area (Å²) in [6, 6.07) is 8.44. The van der Waals surface area contributed by atoms with Gasteiger partial charge in [-0.05, 0) is 17.4 Å². The number of rotatable bonds is 6. The summed E-state index contributed by atoms with van der Waals surface area (Å²) in [5.74, 6) is -1.21. The fourth-order valence-electron chi connectivity index (χ4n) is 1.80. The summed E-state index contributed by atoms with van der Waals surface area (Å²) in [4.78, 5) is 23.0. The second kappa shape index (κ2) is 7.08. The molecule has 0 aromatic heterocycles. The van der Waals surface area contributed by atoms with Crippen molar-refractivity contribution in [3.05, 3.63) is 35.9 Å². The van der Waals surface area contributed by atoms with Crippen molar-refractivity contribution < 1.29 is 14.7 Å². The Bertz CT molecular complexity index is 449. The van der Waals surface area contributed by atoms with E-state index in [1.54, 1.807) is 0 Å². The molecule has 0 fully saturated rings. The molecule has 0 bridgehead atoms. The fraction of sp³-hybridized carbons (Fsp3) is 0.500. The van der Waals surface area contributed by atoms with E-state index in [-0.39, 0.29) is 11.3 Å². The van der Waals surface area contributed by atoms with Crippen LogP contribution in [0.1, 0.15) is 39.2 Å². The minimum Gasteiger partial charge on any atom is -0.480 e. The van der Waals surface area contributed by atoms with Crippen LogP contribution in [0, 0.1) is 5.41 Å². The van der Waals surface area contributed by atoms with Crippen LogP contribution in [-0.4, -0.2) is 23.0 Å². The maximum Gasteiger partial charge on any atom is 0.326 e. The highest BCUT2D eigenvalue weighted by molar-refractivity contribution is 5.83. The first-order chi connectivity index (χ1) is 9.28. The highest BCUT2D eigenvalue weighted by atomic mass is 16.4.